The molecule has 0 radical (unpaired) electrons. The molecule has 0 bridgehead atoms. The predicted octanol–water partition coefficient (Wildman–Crippen LogP) is 4.35. The van der Waals surface area contributed by atoms with Crippen LogP contribution in [0, 0.1) is 6.92 Å². The number of hydrogen-bond donors (Lipinski definition) is 1. The largest absolute Gasteiger partial charge is 0.573 e. The van der Waals surface area contributed by atoms with Gasteiger partial charge in [-0.1, -0.05) is 12.1 Å². The van der Waals surface area contributed by atoms with Crippen LogP contribution < -0.4 is 9.64 Å². The van der Waals surface area contributed by atoms with Gasteiger partial charge in [-0.15, -0.1) is 13.2 Å². The van der Waals surface area contributed by atoms with Crippen molar-refractivity contribution in [2.75, 3.05) is 38.1 Å². The number of fused-ring (bicyclic) bond motifs is 1. The normalized spacial score (nSPS) is 15.7. The summed E-state index contributed by atoms with van der Waals surface area (Å²) in [7, 11) is 2.12. The van der Waals surface area contributed by atoms with Gasteiger partial charge < -0.3 is 24.2 Å². The smallest absolute Gasteiger partial charge is 0.494 e. The molecule has 2 aromatic carbocycles. The summed E-state index contributed by atoms with van der Waals surface area (Å²) >= 11 is 0. The highest BCUT2D eigenvalue weighted by molar-refractivity contribution is 5.93. The number of benzene rings is 2. The first-order valence-corrected chi connectivity index (χ1v) is 9.80. The zero-order valence-electron chi connectivity index (χ0n) is 16.9. The lowest BCUT2D eigenvalue weighted by molar-refractivity contribution is -0.274. The Hall–Kier alpha value is -2.87. The SMILES string of the molecule is Cc1cc(N2CCN(C)CC2)cc2cn(Cc3ccc(OC(F)(F)F)cc3)c(O)c12. The summed E-state index contributed by atoms with van der Waals surface area (Å²) in [6, 6.07) is 9.87. The third-order valence-electron chi connectivity index (χ3n) is 5.52. The maximum atomic E-state index is 12.3. The van der Waals surface area contributed by atoms with E-state index in [0.717, 1.165) is 53.8 Å². The van der Waals surface area contributed by atoms with Crippen molar-refractivity contribution in [2.45, 2.75) is 19.8 Å². The molecule has 1 aliphatic rings. The number of likely N-dealkylation sites (N-methyl/N-ethyl adjacent to an activating group) is 1. The number of halogens is 3. The van der Waals surface area contributed by atoms with Crippen LogP contribution in [0.5, 0.6) is 11.6 Å². The molecule has 0 saturated carbocycles. The van der Waals surface area contributed by atoms with Crippen molar-refractivity contribution >= 4 is 16.5 Å². The van der Waals surface area contributed by atoms with Crippen LogP contribution in [0.1, 0.15) is 11.1 Å². The van der Waals surface area contributed by atoms with E-state index in [1.807, 2.05) is 13.1 Å². The Bertz CT molecular complexity index is 1040. The summed E-state index contributed by atoms with van der Waals surface area (Å²) in [4.78, 5) is 4.65. The summed E-state index contributed by atoms with van der Waals surface area (Å²) in [5.41, 5.74) is 2.89. The predicted molar refractivity (Wildman–Crippen MR) is 110 cm³/mol. The fourth-order valence-electron chi connectivity index (χ4n) is 3.94. The number of ether oxygens (including phenoxy) is 1. The van der Waals surface area contributed by atoms with Crippen molar-refractivity contribution in [3.05, 3.63) is 53.7 Å². The second-order valence-electron chi connectivity index (χ2n) is 7.79. The Balaban J connectivity index is 1.58. The van der Waals surface area contributed by atoms with Crippen LogP contribution in [-0.2, 0) is 6.54 Å². The van der Waals surface area contributed by atoms with Crippen LogP contribution in [0.25, 0.3) is 10.8 Å². The lowest BCUT2D eigenvalue weighted by Crippen LogP contribution is -2.44. The number of piperazine rings is 1. The van der Waals surface area contributed by atoms with Crippen LogP contribution in [0.15, 0.2) is 42.6 Å². The quantitative estimate of drug-likeness (QED) is 0.683. The van der Waals surface area contributed by atoms with E-state index in [1.165, 1.54) is 12.1 Å². The van der Waals surface area contributed by atoms with E-state index in [1.54, 1.807) is 16.7 Å². The number of nitrogens with zero attached hydrogens (tertiary/aromatic N) is 3. The molecule has 0 unspecified atom stereocenters. The fourth-order valence-corrected chi connectivity index (χ4v) is 3.94. The summed E-state index contributed by atoms with van der Waals surface area (Å²) in [5, 5.41) is 12.5. The highest BCUT2D eigenvalue weighted by atomic mass is 19.4. The van der Waals surface area contributed by atoms with Gasteiger partial charge in [-0.25, -0.2) is 0 Å². The van der Waals surface area contributed by atoms with E-state index >= 15 is 0 Å². The van der Waals surface area contributed by atoms with Gasteiger partial charge in [-0.05, 0) is 49.4 Å². The summed E-state index contributed by atoms with van der Waals surface area (Å²) in [6.07, 6.45) is -2.83. The molecule has 1 fully saturated rings. The van der Waals surface area contributed by atoms with Crippen LogP contribution in [0.4, 0.5) is 18.9 Å². The molecule has 160 valence electrons. The Morgan fingerprint density at radius 2 is 1.70 bits per heavy atom. The van der Waals surface area contributed by atoms with Gasteiger partial charge in [0.2, 0.25) is 0 Å². The Morgan fingerprint density at radius 1 is 1.03 bits per heavy atom. The molecule has 0 aliphatic carbocycles. The number of rotatable bonds is 4. The first-order valence-electron chi connectivity index (χ1n) is 9.80. The molecule has 1 saturated heterocycles. The average molecular weight is 419 g/mol. The van der Waals surface area contributed by atoms with Gasteiger partial charge in [0.15, 0.2) is 5.88 Å². The molecule has 8 heteroatoms. The zero-order chi connectivity index (χ0) is 21.5. The lowest BCUT2D eigenvalue weighted by atomic mass is 10.1. The highest BCUT2D eigenvalue weighted by Gasteiger charge is 2.31. The molecule has 1 aliphatic heterocycles. The molecule has 30 heavy (non-hydrogen) atoms. The third-order valence-corrected chi connectivity index (χ3v) is 5.52. The number of aryl methyl sites for hydroxylation is 1. The molecular weight excluding hydrogens is 395 g/mol. The van der Waals surface area contributed by atoms with Gasteiger partial charge in [0, 0.05) is 48.8 Å². The van der Waals surface area contributed by atoms with Gasteiger partial charge in [0.1, 0.15) is 5.75 Å². The lowest BCUT2D eigenvalue weighted by Gasteiger charge is -2.34. The molecule has 1 aromatic heterocycles. The fraction of sp³-hybridized carbons (Fsp3) is 0.364. The standard InChI is InChI=1S/C22H24F3N3O2/c1-15-11-18(27-9-7-26(2)8-10-27)12-17-14-28(21(29)20(15)17)13-16-3-5-19(6-4-16)30-22(23,24)25/h3-6,11-12,14,29H,7-10,13H2,1-2H3. The topological polar surface area (TPSA) is 40.9 Å². The van der Waals surface area contributed by atoms with E-state index in [-0.39, 0.29) is 11.6 Å². The molecule has 4 rings (SSSR count). The Morgan fingerprint density at radius 3 is 2.33 bits per heavy atom. The van der Waals surface area contributed by atoms with Crippen LogP contribution in [0.2, 0.25) is 0 Å². The molecule has 3 aromatic rings. The average Bonchev–Trinajstić information content (AvgIpc) is 2.98. The number of hydrogen-bond acceptors (Lipinski definition) is 4. The minimum atomic E-state index is -4.71. The minimum Gasteiger partial charge on any atom is -0.494 e. The summed E-state index contributed by atoms with van der Waals surface area (Å²) in [6.45, 7) is 6.26. The van der Waals surface area contributed by atoms with Crippen molar-refractivity contribution in [1.82, 2.24) is 9.47 Å². The molecule has 0 spiro atoms. The van der Waals surface area contributed by atoms with Gasteiger partial charge in [0.05, 0.1) is 6.54 Å². The van der Waals surface area contributed by atoms with Crippen molar-refractivity contribution in [1.29, 1.82) is 0 Å². The van der Waals surface area contributed by atoms with E-state index < -0.39 is 6.36 Å². The first kappa shape index (κ1) is 20.4. The Kier molecular flexibility index (Phi) is 5.27. The Labute approximate surface area is 172 Å². The molecule has 5 nitrogen and oxygen atoms in total. The highest BCUT2D eigenvalue weighted by Crippen LogP contribution is 2.35. The van der Waals surface area contributed by atoms with Crippen LogP contribution in [-0.4, -0.2) is 54.2 Å². The van der Waals surface area contributed by atoms with E-state index in [2.05, 4.69) is 33.7 Å². The van der Waals surface area contributed by atoms with E-state index in [9.17, 15) is 18.3 Å². The van der Waals surface area contributed by atoms with Crippen molar-refractivity contribution < 1.29 is 23.0 Å². The monoisotopic (exact) mass is 419 g/mol. The first-order chi connectivity index (χ1) is 14.2. The second-order valence-corrected chi connectivity index (χ2v) is 7.79. The number of anilines is 1. The summed E-state index contributed by atoms with van der Waals surface area (Å²) in [5.74, 6) is -0.108. The number of aromatic hydroxyl groups is 1. The molecule has 2 heterocycles. The van der Waals surface area contributed by atoms with Crippen LogP contribution in [0.3, 0.4) is 0 Å². The molecule has 1 N–H and O–H groups in total. The maximum Gasteiger partial charge on any atom is 0.573 e. The van der Waals surface area contributed by atoms with Gasteiger partial charge in [0.25, 0.3) is 0 Å². The number of aromatic nitrogens is 1. The van der Waals surface area contributed by atoms with Crippen molar-refractivity contribution in [3.8, 4) is 11.6 Å². The maximum absolute atomic E-state index is 12.3. The second kappa shape index (κ2) is 7.75. The number of alkyl halides is 3. The molecule has 0 atom stereocenters. The van der Waals surface area contributed by atoms with Crippen LogP contribution >= 0.6 is 0 Å². The summed E-state index contributed by atoms with van der Waals surface area (Å²) < 4.78 is 42.6. The molecule has 0 amide bonds. The van der Waals surface area contributed by atoms with Gasteiger partial charge in [-0.2, -0.15) is 0 Å². The van der Waals surface area contributed by atoms with E-state index in [0.29, 0.717) is 6.54 Å². The van der Waals surface area contributed by atoms with Gasteiger partial charge >= 0.3 is 6.36 Å². The third kappa shape index (κ3) is 4.33. The zero-order valence-corrected chi connectivity index (χ0v) is 16.9. The van der Waals surface area contributed by atoms with Crippen molar-refractivity contribution in [2.24, 2.45) is 0 Å². The molecular formula is C22H24F3N3O2. The van der Waals surface area contributed by atoms with Gasteiger partial charge in [-0.3, -0.25) is 0 Å². The van der Waals surface area contributed by atoms with Crippen molar-refractivity contribution in [3.63, 3.8) is 0 Å². The van der Waals surface area contributed by atoms with E-state index in [4.69, 9.17) is 0 Å². The minimum absolute atomic E-state index is 0.156.